The first-order valence-corrected chi connectivity index (χ1v) is 4.72. The highest BCUT2D eigenvalue weighted by Gasteiger charge is 2.33. The average molecular weight is 296 g/mol. The molecule has 0 amide bonds. The van der Waals surface area contributed by atoms with E-state index in [1.165, 1.54) is 12.1 Å². The Hall–Kier alpha value is -1.33. The predicted octanol–water partition coefficient (Wildman–Crippen LogP) is 2.07. The number of nitriles is 1. The Bertz CT molecular complexity index is 441. The van der Waals surface area contributed by atoms with Crippen LogP contribution in [0.15, 0.2) is 10.7 Å². The molecule has 4 nitrogen and oxygen atoms in total. The van der Waals surface area contributed by atoms with Gasteiger partial charge in [0.2, 0.25) is 0 Å². The zero-order valence-corrected chi connectivity index (χ0v) is 9.26. The number of hydrogen-bond donors (Lipinski definition) is 1. The Labute approximate surface area is 97.0 Å². The molecule has 8 heteroatoms. The maximum atomic E-state index is 12.1. The summed E-state index contributed by atoms with van der Waals surface area (Å²) in [6.07, 6.45) is -4.88. The number of halogens is 4. The number of nitrogens with two attached hydrogens (primary N) is 1. The van der Waals surface area contributed by atoms with E-state index in [-0.39, 0.29) is 16.7 Å². The van der Waals surface area contributed by atoms with Crippen molar-refractivity contribution in [2.75, 3.05) is 0 Å². The van der Waals surface area contributed by atoms with Crippen molar-refractivity contribution in [3.05, 3.63) is 21.9 Å². The topological polar surface area (TPSA) is 71.9 Å². The van der Waals surface area contributed by atoms with Gasteiger partial charge in [-0.2, -0.15) is 5.26 Å². The van der Waals surface area contributed by atoms with Crippen molar-refractivity contribution in [3.63, 3.8) is 0 Å². The minimum absolute atomic E-state index is 0.0516. The van der Waals surface area contributed by atoms with E-state index in [0.717, 1.165) is 0 Å². The van der Waals surface area contributed by atoms with Crippen LogP contribution in [0.25, 0.3) is 0 Å². The third-order valence-electron chi connectivity index (χ3n) is 1.56. The number of rotatable bonds is 2. The van der Waals surface area contributed by atoms with Gasteiger partial charge in [0, 0.05) is 12.1 Å². The smallest absolute Gasteiger partial charge is 0.402 e. The van der Waals surface area contributed by atoms with Crippen LogP contribution in [0.4, 0.5) is 13.2 Å². The Morgan fingerprint density at radius 3 is 2.62 bits per heavy atom. The van der Waals surface area contributed by atoms with E-state index >= 15 is 0 Å². The van der Waals surface area contributed by atoms with Gasteiger partial charge in [-0.3, -0.25) is 0 Å². The van der Waals surface area contributed by atoms with Crippen molar-refractivity contribution in [1.29, 1.82) is 5.26 Å². The standard InChI is InChI=1S/C8H5BrF3N3O/c9-6-1-4(2-13)7(5(3-14)15-6)16-8(10,11)12/h1H,2,13H2. The minimum atomic E-state index is -4.88. The summed E-state index contributed by atoms with van der Waals surface area (Å²) >= 11 is 2.95. The maximum absolute atomic E-state index is 12.1. The van der Waals surface area contributed by atoms with E-state index in [2.05, 4.69) is 25.7 Å². The van der Waals surface area contributed by atoms with E-state index in [1.807, 2.05) is 0 Å². The zero-order chi connectivity index (χ0) is 12.3. The lowest BCUT2D eigenvalue weighted by atomic mass is 10.2. The van der Waals surface area contributed by atoms with E-state index < -0.39 is 17.8 Å². The fourth-order valence-corrected chi connectivity index (χ4v) is 1.46. The molecule has 1 rings (SSSR count). The first-order chi connectivity index (χ1) is 7.37. The van der Waals surface area contributed by atoms with Gasteiger partial charge in [-0.25, -0.2) is 4.98 Å². The molecule has 0 saturated heterocycles. The maximum Gasteiger partial charge on any atom is 0.573 e. The van der Waals surface area contributed by atoms with Crippen LogP contribution >= 0.6 is 15.9 Å². The summed E-state index contributed by atoms with van der Waals surface area (Å²) in [5, 5.41) is 8.64. The van der Waals surface area contributed by atoms with E-state index in [4.69, 9.17) is 11.0 Å². The first-order valence-electron chi connectivity index (χ1n) is 3.92. The quantitative estimate of drug-likeness (QED) is 0.848. The molecule has 1 heterocycles. The molecular formula is C8H5BrF3N3O. The Kier molecular flexibility index (Phi) is 3.72. The molecule has 0 aliphatic carbocycles. The lowest BCUT2D eigenvalue weighted by Crippen LogP contribution is -2.20. The molecule has 0 radical (unpaired) electrons. The lowest BCUT2D eigenvalue weighted by molar-refractivity contribution is -0.275. The molecule has 0 atom stereocenters. The molecule has 0 bridgehead atoms. The van der Waals surface area contributed by atoms with Gasteiger partial charge in [0.15, 0.2) is 11.4 Å². The van der Waals surface area contributed by atoms with Gasteiger partial charge in [0.05, 0.1) is 0 Å². The molecule has 2 N–H and O–H groups in total. The van der Waals surface area contributed by atoms with Crippen LogP contribution in [0.3, 0.4) is 0 Å². The third kappa shape index (κ3) is 3.08. The van der Waals surface area contributed by atoms with Crippen molar-refractivity contribution in [1.82, 2.24) is 4.98 Å². The second kappa shape index (κ2) is 4.67. The number of pyridine rings is 1. The molecule has 0 fully saturated rings. The van der Waals surface area contributed by atoms with Gasteiger partial charge in [0.25, 0.3) is 0 Å². The molecule has 0 spiro atoms. The summed E-state index contributed by atoms with van der Waals surface area (Å²) < 4.78 is 40.1. The molecule has 0 aliphatic heterocycles. The Morgan fingerprint density at radius 1 is 1.56 bits per heavy atom. The van der Waals surface area contributed by atoms with Crippen molar-refractivity contribution in [3.8, 4) is 11.8 Å². The van der Waals surface area contributed by atoms with Crippen LogP contribution in [0, 0.1) is 11.3 Å². The van der Waals surface area contributed by atoms with Crippen molar-refractivity contribution < 1.29 is 17.9 Å². The largest absolute Gasteiger partial charge is 0.573 e. The summed E-state index contributed by atoms with van der Waals surface area (Å²) in [4.78, 5) is 3.56. The fourth-order valence-electron chi connectivity index (χ4n) is 1.01. The monoisotopic (exact) mass is 295 g/mol. The number of ether oxygens (including phenoxy) is 1. The fraction of sp³-hybridized carbons (Fsp3) is 0.250. The predicted molar refractivity (Wildman–Crippen MR) is 51.2 cm³/mol. The van der Waals surface area contributed by atoms with Gasteiger partial charge in [-0.15, -0.1) is 13.2 Å². The van der Waals surface area contributed by atoms with Gasteiger partial charge < -0.3 is 10.5 Å². The SMILES string of the molecule is N#Cc1nc(Br)cc(CN)c1OC(F)(F)F. The second-order valence-electron chi connectivity index (χ2n) is 2.65. The first kappa shape index (κ1) is 12.7. The van der Waals surface area contributed by atoms with Crippen LogP contribution in [0.2, 0.25) is 0 Å². The zero-order valence-electron chi connectivity index (χ0n) is 7.68. The summed E-state index contributed by atoms with van der Waals surface area (Å²) in [6, 6.07) is 2.78. The normalized spacial score (nSPS) is 11.0. The summed E-state index contributed by atoms with van der Waals surface area (Å²) in [5.74, 6) is -0.652. The van der Waals surface area contributed by atoms with Crippen molar-refractivity contribution in [2.24, 2.45) is 5.73 Å². The van der Waals surface area contributed by atoms with Crippen LogP contribution in [0.5, 0.6) is 5.75 Å². The number of aromatic nitrogens is 1. The minimum Gasteiger partial charge on any atom is -0.402 e. The van der Waals surface area contributed by atoms with Crippen molar-refractivity contribution in [2.45, 2.75) is 12.9 Å². The van der Waals surface area contributed by atoms with Crippen molar-refractivity contribution >= 4 is 15.9 Å². The average Bonchev–Trinajstić information content (AvgIpc) is 2.18. The molecule has 1 aromatic heterocycles. The highest BCUT2D eigenvalue weighted by molar-refractivity contribution is 9.10. The molecule has 0 aliphatic rings. The molecule has 86 valence electrons. The van der Waals surface area contributed by atoms with Crippen LogP contribution < -0.4 is 10.5 Å². The van der Waals surface area contributed by atoms with Gasteiger partial charge >= 0.3 is 6.36 Å². The van der Waals surface area contributed by atoms with E-state index in [9.17, 15) is 13.2 Å². The number of nitrogens with zero attached hydrogens (tertiary/aromatic N) is 2. The van der Waals surface area contributed by atoms with Crippen LogP contribution in [0.1, 0.15) is 11.3 Å². The lowest BCUT2D eigenvalue weighted by Gasteiger charge is -2.13. The second-order valence-corrected chi connectivity index (χ2v) is 3.46. The highest BCUT2D eigenvalue weighted by atomic mass is 79.9. The highest BCUT2D eigenvalue weighted by Crippen LogP contribution is 2.30. The number of alkyl halides is 3. The third-order valence-corrected chi connectivity index (χ3v) is 1.97. The van der Waals surface area contributed by atoms with E-state index in [1.54, 1.807) is 0 Å². The van der Waals surface area contributed by atoms with Gasteiger partial charge in [0.1, 0.15) is 10.7 Å². The summed E-state index contributed by atoms with van der Waals surface area (Å²) in [5.41, 5.74) is 4.84. The number of hydrogen-bond acceptors (Lipinski definition) is 4. The van der Waals surface area contributed by atoms with Crippen LogP contribution in [-0.4, -0.2) is 11.3 Å². The molecule has 0 unspecified atom stereocenters. The molecular weight excluding hydrogens is 291 g/mol. The van der Waals surface area contributed by atoms with E-state index in [0.29, 0.717) is 0 Å². The van der Waals surface area contributed by atoms with Gasteiger partial charge in [-0.05, 0) is 22.0 Å². The van der Waals surface area contributed by atoms with Gasteiger partial charge in [-0.1, -0.05) is 0 Å². The molecule has 0 saturated carbocycles. The van der Waals surface area contributed by atoms with Crippen LogP contribution in [-0.2, 0) is 6.54 Å². The summed E-state index contributed by atoms with van der Waals surface area (Å²) in [7, 11) is 0. The Morgan fingerprint density at radius 2 is 2.19 bits per heavy atom. The Balaban J connectivity index is 3.29. The molecule has 0 aromatic carbocycles. The summed E-state index contributed by atoms with van der Waals surface area (Å²) in [6.45, 7) is -0.193. The molecule has 1 aromatic rings. The molecule has 16 heavy (non-hydrogen) atoms.